The quantitative estimate of drug-likeness (QED) is 0.0480. The molecule has 1 unspecified atom stereocenters. The van der Waals surface area contributed by atoms with E-state index in [4.69, 9.17) is 14.2 Å². The summed E-state index contributed by atoms with van der Waals surface area (Å²) in [6, 6.07) is 21.1. The third-order valence-corrected chi connectivity index (χ3v) is 15.2. The number of rotatable bonds is 15. The Morgan fingerprint density at radius 2 is 1.49 bits per heavy atom. The van der Waals surface area contributed by atoms with Gasteiger partial charge in [0.05, 0.1) is 24.1 Å². The first kappa shape index (κ1) is 62.9. The number of carbonyl (C=O) groups is 7. The molecule has 1 fully saturated rings. The van der Waals surface area contributed by atoms with Crippen LogP contribution in [0.1, 0.15) is 86.8 Å². The highest BCUT2D eigenvalue weighted by molar-refractivity contribution is 7.90. The summed E-state index contributed by atoms with van der Waals surface area (Å²) < 4.78 is 47.4. The number of aliphatic hydroxyl groups is 1. The summed E-state index contributed by atoms with van der Waals surface area (Å²) in [6.07, 6.45) is -0.0432. The van der Waals surface area contributed by atoms with Crippen molar-refractivity contribution in [3.05, 3.63) is 137 Å². The average Bonchev–Trinajstić information content (AvgIpc) is 4.00. The van der Waals surface area contributed by atoms with Gasteiger partial charge in [-0.15, -0.1) is 0 Å². The molecule has 0 spiro atoms. The number of hydrogen-bond acceptors (Lipinski definition) is 14. The van der Waals surface area contributed by atoms with Crippen LogP contribution >= 0.6 is 0 Å². The molecule has 0 bridgehead atoms. The predicted octanol–water partition coefficient (Wildman–Crippen LogP) is 3.62. The minimum atomic E-state index is -4.44. The van der Waals surface area contributed by atoms with Crippen molar-refractivity contribution in [2.45, 2.75) is 140 Å². The molecule has 2 aliphatic rings. The lowest BCUT2D eigenvalue weighted by Crippen LogP contribution is -2.59. The molecule has 2 heterocycles. The highest BCUT2D eigenvalue weighted by Gasteiger charge is 2.40. The van der Waals surface area contributed by atoms with E-state index in [1.165, 1.54) is 31.1 Å². The molecule has 82 heavy (non-hydrogen) atoms. The molecule has 8 N–H and O–H groups in total. The minimum absolute atomic E-state index is 0.0522. The molecule has 2 aliphatic heterocycles. The fraction of sp³-hybridized carbons (Fsp3) is 0.424. The van der Waals surface area contributed by atoms with Gasteiger partial charge in [0.25, 0.3) is 15.9 Å². The van der Waals surface area contributed by atoms with E-state index in [0.717, 1.165) is 11.1 Å². The van der Waals surface area contributed by atoms with Crippen LogP contribution in [0.25, 0.3) is 0 Å². The minimum Gasteiger partial charge on any atom is -0.496 e. The number of aryl methyl sites for hydroxylation is 1. The molecular formula is C59H75N9O13S. The number of aliphatic hydroxyl groups excluding tert-OH is 1. The number of guanidine groups is 1. The number of sulfonamides is 1. The van der Waals surface area contributed by atoms with Gasteiger partial charge in [-0.3, -0.25) is 39.1 Å². The highest BCUT2D eigenvalue weighted by Crippen LogP contribution is 2.30. The SMILES string of the molecule is COc1cc(C)c(S(=O)(=O)NC(=NCCC[C@@H]2NC(=O)[C@@H]3CCCN3C(=O)[C@@H](NC(C)=O)CNC(=O)/C=C/[C@H](Cc3ccc(OCc4ccccc4)cc3)NC(=O)[C@@H](Cc3ccccc3)NC(=O)C2O)NC(=O)OC(C)(C)C)c(C)c1C. The van der Waals surface area contributed by atoms with E-state index in [-0.39, 0.29) is 56.6 Å². The molecule has 0 aromatic heterocycles. The molecule has 0 aliphatic carbocycles. The number of ether oxygens (including phenoxy) is 3. The van der Waals surface area contributed by atoms with Gasteiger partial charge in [-0.1, -0.05) is 78.9 Å². The van der Waals surface area contributed by atoms with E-state index in [9.17, 15) is 47.1 Å². The molecule has 1 saturated heterocycles. The maximum Gasteiger partial charge on any atom is 0.414 e. The number of nitrogens with zero attached hydrogens (tertiary/aromatic N) is 2. The molecule has 4 aromatic rings. The smallest absolute Gasteiger partial charge is 0.414 e. The van der Waals surface area contributed by atoms with Crippen molar-refractivity contribution in [1.29, 1.82) is 0 Å². The molecule has 6 rings (SSSR count). The zero-order valence-corrected chi connectivity index (χ0v) is 48.3. The van der Waals surface area contributed by atoms with Gasteiger partial charge in [0, 0.05) is 39.1 Å². The number of methoxy groups -OCH3 is 1. The maximum absolute atomic E-state index is 14.6. The van der Waals surface area contributed by atoms with Gasteiger partial charge < -0.3 is 50.8 Å². The van der Waals surface area contributed by atoms with E-state index in [0.29, 0.717) is 46.8 Å². The summed E-state index contributed by atoms with van der Waals surface area (Å²) in [4.78, 5) is 102. The second-order valence-corrected chi connectivity index (χ2v) is 22.8. The van der Waals surface area contributed by atoms with Crippen LogP contribution in [-0.4, -0.2) is 135 Å². The number of hydrogen-bond donors (Lipinski definition) is 8. The Balaban J connectivity index is 1.32. The summed E-state index contributed by atoms with van der Waals surface area (Å²) in [6.45, 7) is 10.8. The first-order valence-electron chi connectivity index (χ1n) is 27.1. The van der Waals surface area contributed by atoms with E-state index in [1.807, 2.05) is 42.5 Å². The van der Waals surface area contributed by atoms with Crippen molar-refractivity contribution in [3.63, 3.8) is 0 Å². The Hall–Kier alpha value is -8.31. The summed E-state index contributed by atoms with van der Waals surface area (Å²) in [7, 11) is -2.98. The Morgan fingerprint density at radius 3 is 2.13 bits per heavy atom. The lowest BCUT2D eigenvalue weighted by Gasteiger charge is -2.31. The van der Waals surface area contributed by atoms with Crippen LogP contribution in [0, 0.1) is 20.8 Å². The maximum atomic E-state index is 14.6. The molecule has 22 nitrogen and oxygen atoms in total. The number of amides is 7. The standard InChI is InChI=1S/C59H75N9O13S/c1-36-31-49(79-8)37(2)38(3)52(36)82(77,78)67-57(66-58(76)81-59(5,6)7)60-29-15-21-45-51(71)55(74)65-46(33-40-17-11-9-12-18-40)53(72)63-43(32-41-23-26-44(27-24-41)80-35-42-19-13-10-14-20-42)25-28-50(70)61-34-47(62-39(4)69)56(75)68-30-16-22-48(68)54(73)64-45/h9-14,17-20,23-28,31,43,45-48,51,71H,15-16,21-22,29-30,32-35H2,1-8H3,(H,61,70)(H,62,69)(H,63,72)(H,64,73)(H,65,74)(H2,60,66,67,76)/b28-25+/t43-,45+,46-,47+,48+,51?/m1/s1. The Morgan fingerprint density at radius 1 is 0.829 bits per heavy atom. The van der Waals surface area contributed by atoms with Gasteiger partial charge in [-0.05, 0) is 125 Å². The van der Waals surface area contributed by atoms with Crippen molar-refractivity contribution >= 4 is 57.5 Å². The van der Waals surface area contributed by atoms with Crippen molar-refractivity contribution < 1.29 is 61.3 Å². The predicted molar refractivity (Wildman–Crippen MR) is 306 cm³/mol. The monoisotopic (exact) mass is 1150 g/mol. The van der Waals surface area contributed by atoms with Crippen LogP contribution in [0.3, 0.4) is 0 Å². The molecular weight excluding hydrogens is 1070 g/mol. The molecule has 440 valence electrons. The number of alkyl carbamates (subject to hydrolysis) is 1. The summed E-state index contributed by atoms with van der Waals surface area (Å²) in [5, 5.41) is 28.0. The van der Waals surface area contributed by atoms with Crippen molar-refractivity contribution in [3.8, 4) is 11.5 Å². The van der Waals surface area contributed by atoms with Gasteiger partial charge in [-0.25, -0.2) is 17.9 Å². The van der Waals surface area contributed by atoms with Crippen LogP contribution in [0.15, 0.2) is 113 Å². The Labute approximate surface area is 478 Å². The van der Waals surface area contributed by atoms with Crippen LogP contribution in [0.2, 0.25) is 0 Å². The van der Waals surface area contributed by atoms with Gasteiger partial charge in [0.2, 0.25) is 35.5 Å². The lowest BCUT2D eigenvalue weighted by molar-refractivity contribution is -0.142. The third-order valence-electron chi connectivity index (χ3n) is 13.6. The van der Waals surface area contributed by atoms with E-state index < -0.39 is 99.4 Å². The fourth-order valence-electron chi connectivity index (χ4n) is 9.49. The summed E-state index contributed by atoms with van der Waals surface area (Å²) in [5.41, 5.74) is 2.67. The molecule has 23 heteroatoms. The normalized spacial score (nSPS) is 21.0. The van der Waals surface area contributed by atoms with Gasteiger partial charge in [-0.2, -0.15) is 0 Å². The Bertz CT molecular complexity index is 3100. The topological polar surface area (TPSA) is 301 Å². The van der Waals surface area contributed by atoms with Crippen LogP contribution in [0.5, 0.6) is 11.5 Å². The molecule has 7 amide bonds. The molecule has 4 aromatic carbocycles. The Kier molecular flexibility index (Phi) is 22.2. The van der Waals surface area contributed by atoms with Crippen molar-refractivity contribution in [1.82, 2.24) is 41.5 Å². The number of nitrogens with one attached hydrogen (secondary N) is 7. The largest absolute Gasteiger partial charge is 0.496 e. The van der Waals surface area contributed by atoms with Crippen LogP contribution < -0.4 is 46.1 Å². The van der Waals surface area contributed by atoms with Gasteiger partial charge in [0.15, 0.2) is 6.10 Å². The van der Waals surface area contributed by atoms with E-state index >= 15 is 0 Å². The second kappa shape index (κ2) is 28.9. The van der Waals surface area contributed by atoms with E-state index in [1.54, 1.807) is 90.1 Å². The molecule has 0 saturated carbocycles. The zero-order chi connectivity index (χ0) is 59.7. The lowest BCUT2D eigenvalue weighted by atomic mass is 10.0. The molecule has 6 atom stereocenters. The van der Waals surface area contributed by atoms with E-state index in [2.05, 4.69) is 41.6 Å². The average molecular weight is 1150 g/mol. The van der Waals surface area contributed by atoms with Gasteiger partial charge in [0.1, 0.15) is 41.8 Å². The second-order valence-electron chi connectivity index (χ2n) is 21.2. The first-order chi connectivity index (χ1) is 38.9. The number of benzene rings is 4. The third kappa shape index (κ3) is 18.4. The molecule has 0 radical (unpaired) electrons. The number of aliphatic imine (C=N–C) groups is 1. The number of fused-ring (bicyclic) bond motifs is 1. The van der Waals surface area contributed by atoms with Gasteiger partial charge >= 0.3 is 6.09 Å². The van der Waals surface area contributed by atoms with Crippen molar-refractivity contribution in [2.24, 2.45) is 4.99 Å². The van der Waals surface area contributed by atoms with Crippen molar-refractivity contribution in [2.75, 3.05) is 26.7 Å². The zero-order valence-electron chi connectivity index (χ0n) is 47.5. The summed E-state index contributed by atoms with van der Waals surface area (Å²) in [5.74, 6) is -3.85. The fourth-order valence-corrected chi connectivity index (χ4v) is 11.0. The summed E-state index contributed by atoms with van der Waals surface area (Å²) >= 11 is 0. The highest BCUT2D eigenvalue weighted by atomic mass is 32.2. The van der Waals surface area contributed by atoms with Crippen LogP contribution in [0.4, 0.5) is 4.79 Å². The number of carbonyl (C=O) groups excluding carboxylic acids is 7. The van der Waals surface area contributed by atoms with Crippen LogP contribution in [-0.2, 0) is 63.0 Å². The first-order valence-corrected chi connectivity index (χ1v) is 28.5.